The molecule has 0 radical (unpaired) electrons. The number of rotatable bonds is 7. The number of amides is 1. The van der Waals surface area contributed by atoms with Gasteiger partial charge < -0.3 is 19.5 Å². The summed E-state index contributed by atoms with van der Waals surface area (Å²) in [7, 11) is 0. The van der Waals surface area contributed by atoms with Gasteiger partial charge in [0.05, 0.1) is 16.3 Å². The van der Waals surface area contributed by atoms with E-state index >= 15 is 0 Å². The minimum atomic E-state index is -3.75. The van der Waals surface area contributed by atoms with E-state index in [0.717, 1.165) is 10.7 Å². The van der Waals surface area contributed by atoms with Crippen molar-refractivity contribution in [2.45, 2.75) is 23.9 Å². The molecule has 0 spiro atoms. The van der Waals surface area contributed by atoms with Crippen LogP contribution in [0.4, 0.5) is 14.5 Å². The number of anilines is 1. The molecule has 7 nitrogen and oxygen atoms in total. The van der Waals surface area contributed by atoms with Crippen molar-refractivity contribution < 1.29 is 32.6 Å². The molecule has 0 saturated carbocycles. The van der Waals surface area contributed by atoms with Gasteiger partial charge in [0.2, 0.25) is 0 Å². The number of halogens is 2. The van der Waals surface area contributed by atoms with Gasteiger partial charge >= 0.3 is 12.3 Å². The molecule has 0 bridgehead atoms. The van der Waals surface area contributed by atoms with Gasteiger partial charge in [-0.05, 0) is 31.2 Å². The van der Waals surface area contributed by atoms with Crippen molar-refractivity contribution in [2.24, 2.45) is 0 Å². The molecular formula is C21H16F2N2O5S2. The van der Waals surface area contributed by atoms with E-state index in [1.807, 2.05) is 12.3 Å². The fourth-order valence-corrected chi connectivity index (χ4v) is 4.47. The maximum absolute atomic E-state index is 13.1. The number of benzene rings is 2. The van der Waals surface area contributed by atoms with E-state index in [9.17, 15) is 18.4 Å². The number of nitrogens with zero attached hydrogens (tertiary/aromatic N) is 1. The Balaban J connectivity index is 1.32. The summed E-state index contributed by atoms with van der Waals surface area (Å²) in [6.45, 7) is 1.38. The van der Waals surface area contributed by atoms with Gasteiger partial charge in [0, 0.05) is 27.8 Å². The van der Waals surface area contributed by atoms with Gasteiger partial charge in [0.15, 0.2) is 18.1 Å². The highest BCUT2D eigenvalue weighted by molar-refractivity contribution is 7.98. The molecule has 1 N–H and O–H groups in total. The van der Waals surface area contributed by atoms with Crippen molar-refractivity contribution in [3.8, 4) is 11.5 Å². The summed E-state index contributed by atoms with van der Waals surface area (Å²) in [6.07, 6.45) is -3.75. The van der Waals surface area contributed by atoms with Crippen LogP contribution in [-0.4, -0.2) is 29.8 Å². The van der Waals surface area contributed by atoms with Crippen LogP contribution in [0.2, 0.25) is 0 Å². The van der Waals surface area contributed by atoms with E-state index in [1.54, 1.807) is 35.6 Å². The van der Waals surface area contributed by atoms with Crippen LogP contribution in [0.3, 0.4) is 0 Å². The second-order valence-electron chi connectivity index (χ2n) is 6.60. The molecular weight excluding hydrogens is 462 g/mol. The number of hydrogen-bond acceptors (Lipinski definition) is 8. The molecule has 0 unspecified atom stereocenters. The van der Waals surface area contributed by atoms with Crippen molar-refractivity contribution in [1.29, 1.82) is 0 Å². The molecule has 2 heterocycles. The van der Waals surface area contributed by atoms with Crippen LogP contribution in [0.25, 0.3) is 0 Å². The Kier molecular flexibility index (Phi) is 6.28. The van der Waals surface area contributed by atoms with Gasteiger partial charge in [0.1, 0.15) is 0 Å². The van der Waals surface area contributed by atoms with Crippen molar-refractivity contribution in [3.05, 3.63) is 64.1 Å². The molecule has 4 rings (SSSR count). The van der Waals surface area contributed by atoms with E-state index in [-0.39, 0.29) is 17.2 Å². The number of fused-ring (bicyclic) bond motifs is 1. The fraction of sp³-hybridized carbons (Fsp3) is 0.190. The highest BCUT2D eigenvalue weighted by Crippen LogP contribution is 2.42. The Morgan fingerprint density at radius 3 is 2.75 bits per heavy atom. The fourth-order valence-electron chi connectivity index (χ4n) is 2.82. The van der Waals surface area contributed by atoms with Crippen molar-refractivity contribution in [1.82, 2.24) is 4.98 Å². The zero-order valence-corrected chi connectivity index (χ0v) is 18.2. The summed E-state index contributed by atoms with van der Waals surface area (Å²) in [5.74, 6) is -1.03. The lowest BCUT2D eigenvalue weighted by Gasteiger charge is -2.10. The molecule has 0 aliphatic carbocycles. The SMILES string of the molecule is Cc1nc(CSc2ccccc2C(=O)OCC(=O)Nc2ccc3c(c2)OC(F)(F)O3)cs1. The largest absolute Gasteiger partial charge is 0.586 e. The number of esters is 1. The van der Waals surface area contributed by atoms with E-state index in [1.165, 1.54) is 30.0 Å². The lowest BCUT2D eigenvalue weighted by molar-refractivity contribution is -0.286. The van der Waals surface area contributed by atoms with Gasteiger partial charge in [-0.2, -0.15) is 0 Å². The number of thiazole rings is 1. The number of aryl methyl sites for hydroxylation is 1. The molecule has 11 heteroatoms. The normalized spacial score (nSPS) is 13.6. The number of hydrogen-bond donors (Lipinski definition) is 1. The lowest BCUT2D eigenvalue weighted by atomic mass is 10.2. The predicted molar refractivity (Wildman–Crippen MR) is 114 cm³/mol. The van der Waals surface area contributed by atoms with E-state index < -0.39 is 24.8 Å². The first-order valence-electron chi connectivity index (χ1n) is 9.29. The first-order valence-corrected chi connectivity index (χ1v) is 11.2. The Bertz CT molecular complexity index is 1170. The second-order valence-corrected chi connectivity index (χ2v) is 8.68. The molecule has 0 atom stereocenters. The minimum absolute atomic E-state index is 0.138. The minimum Gasteiger partial charge on any atom is -0.452 e. The third-order valence-electron chi connectivity index (χ3n) is 4.17. The predicted octanol–water partition coefficient (Wildman–Crippen LogP) is 4.86. The zero-order chi connectivity index (χ0) is 22.7. The molecule has 166 valence electrons. The number of aromatic nitrogens is 1. The number of thioether (sulfide) groups is 1. The summed E-state index contributed by atoms with van der Waals surface area (Å²) in [6, 6.07) is 10.7. The Labute approximate surface area is 189 Å². The van der Waals surface area contributed by atoms with Crippen LogP contribution < -0.4 is 14.8 Å². The van der Waals surface area contributed by atoms with Crippen LogP contribution in [0, 0.1) is 6.92 Å². The van der Waals surface area contributed by atoms with Crippen LogP contribution in [0.5, 0.6) is 11.5 Å². The monoisotopic (exact) mass is 478 g/mol. The van der Waals surface area contributed by atoms with Crippen LogP contribution in [0.1, 0.15) is 21.1 Å². The average Bonchev–Trinajstić information content (AvgIpc) is 3.31. The Morgan fingerprint density at radius 2 is 1.97 bits per heavy atom. The molecule has 3 aromatic rings. The highest BCUT2D eigenvalue weighted by atomic mass is 32.2. The van der Waals surface area contributed by atoms with Gasteiger partial charge in [-0.15, -0.1) is 31.9 Å². The molecule has 1 aliphatic rings. The number of nitrogens with one attached hydrogen (secondary N) is 1. The molecule has 0 fully saturated rings. The summed E-state index contributed by atoms with van der Waals surface area (Å²) in [4.78, 5) is 29.8. The van der Waals surface area contributed by atoms with Crippen molar-refractivity contribution in [2.75, 3.05) is 11.9 Å². The van der Waals surface area contributed by atoms with Crippen molar-refractivity contribution in [3.63, 3.8) is 0 Å². The summed E-state index contributed by atoms with van der Waals surface area (Å²) in [5, 5.41) is 5.39. The third kappa shape index (κ3) is 5.35. The van der Waals surface area contributed by atoms with Crippen molar-refractivity contribution >= 4 is 40.7 Å². The average molecular weight is 478 g/mol. The standard InChI is InChI=1S/C21H16F2N2O5S2/c1-12-24-14(10-31-12)11-32-18-5-3-2-4-15(18)20(27)28-9-19(26)25-13-6-7-16-17(8-13)30-21(22,23)29-16/h2-8,10H,9,11H2,1H3,(H,25,26). The highest BCUT2D eigenvalue weighted by Gasteiger charge is 2.43. The van der Waals surface area contributed by atoms with Gasteiger partial charge in [-0.25, -0.2) is 9.78 Å². The molecule has 1 aliphatic heterocycles. The van der Waals surface area contributed by atoms with Gasteiger partial charge in [0.25, 0.3) is 5.91 Å². The second kappa shape index (κ2) is 9.13. The first-order chi connectivity index (χ1) is 15.3. The maximum Gasteiger partial charge on any atom is 0.586 e. The van der Waals surface area contributed by atoms with Crippen LogP contribution >= 0.6 is 23.1 Å². The number of carbonyl (C=O) groups excluding carboxylic acids is 2. The van der Waals surface area contributed by atoms with E-state index in [4.69, 9.17) is 4.74 Å². The van der Waals surface area contributed by atoms with Crippen LogP contribution in [-0.2, 0) is 15.3 Å². The number of alkyl halides is 2. The smallest absolute Gasteiger partial charge is 0.452 e. The lowest BCUT2D eigenvalue weighted by Crippen LogP contribution is -2.25. The zero-order valence-electron chi connectivity index (χ0n) is 16.6. The number of carbonyl (C=O) groups is 2. The topological polar surface area (TPSA) is 86.8 Å². The van der Waals surface area contributed by atoms with Gasteiger partial charge in [-0.3, -0.25) is 4.79 Å². The molecule has 32 heavy (non-hydrogen) atoms. The maximum atomic E-state index is 13.1. The van der Waals surface area contributed by atoms with E-state index in [0.29, 0.717) is 16.2 Å². The number of ether oxygens (including phenoxy) is 3. The molecule has 1 amide bonds. The van der Waals surface area contributed by atoms with E-state index in [2.05, 4.69) is 19.8 Å². The molecule has 2 aromatic carbocycles. The Morgan fingerprint density at radius 1 is 1.19 bits per heavy atom. The quantitative estimate of drug-likeness (QED) is 0.383. The summed E-state index contributed by atoms with van der Waals surface area (Å²) >= 11 is 3.00. The third-order valence-corrected chi connectivity index (χ3v) is 6.10. The summed E-state index contributed by atoms with van der Waals surface area (Å²) < 4.78 is 40.0. The molecule has 1 aromatic heterocycles. The first kappa shape index (κ1) is 22.0. The molecule has 0 saturated heterocycles. The Hall–Kier alpha value is -3.18. The summed E-state index contributed by atoms with van der Waals surface area (Å²) in [5.41, 5.74) is 1.45. The van der Waals surface area contributed by atoms with Crippen LogP contribution in [0.15, 0.2) is 52.7 Å². The van der Waals surface area contributed by atoms with Gasteiger partial charge in [-0.1, -0.05) is 12.1 Å².